The zero-order valence-corrected chi connectivity index (χ0v) is 19.3. The number of aromatic amines is 2. The molecule has 2 atom stereocenters. The first-order chi connectivity index (χ1) is 16.0. The number of fused-ring (bicyclic) bond motifs is 3. The van der Waals surface area contributed by atoms with Crippen LogP contribution >= 0.6 is 0 Å². The normalized spacial score (nSPS) is 24.4. The van der Waals surface area contributed by atoms with Gasteiger partial charge in [0.15, 0.2) is 11.5 Å². The molecule has 6 rings (SSSR count). The standard InChI is InChI=1S/C25H30N6O2/c1-4-31(24(32)14(2)15-5-7-33-8-6-15)17-10-19-22(26-13-17)28-23(27-19)21-18-9-16-11-25(16,3)12-20(18)29-30-21/h10,13,15-16H,2,4-9,11-12H2,1,3H3,(H,29,30)(H,26,27,28)/t16-,25-/m1/s1. The number of hydrogen-bond acceptors (Lipinski definition) is 5. The number of hydrogen-bond donors (Lipinski definition) is 2. The number of anilines is 1. The molecule has 8 nitrogen and oxygen atoms in total. The van der Waals surface area contributed by atoms with Crippen molar-refractivity contribution in [2.24, 2.45) is 17.3 Å². The number of pyridine rings is 1. The molecular formula is C25H30N6O2. The van der Waals surface area contributed by atoms with Crippen molar-refractivity contribution in [2.45, 2.75) is 46.0 Å². The van der Waals surface area contributed by atoms with Gasteiger partial charge in [-0.25, -0.2) is 9.97 Å². The monoisotopic (exact) mass is 446 g/mol. The number of carbonyl (C=O) groups excluding carboxylic acids is 1. The summed E-state index contributed by atoms with van der Waals surface area (Å²) in [5, 5.41) is 7.84. The summed E-state index contributed by atoms with van der Waals surface area (Å²) in [6, 6.07) is 1.93. The molecule has 0 spiro atoms. The zero-order valence-electron chi connectivity index (χ0n) is 19.3. The highest BCUT2D eigenvalue weighted by Gasteiger charge is 2.53. The van der Waals surface area contributed by atoms with Gasteiger partial charge in [-0.1, -0.05) is 13.5 Å². The molecule has 2 fully saturated rings. The third-order valence-corrected chi connectivity index (χ3v) is 7.93. The summed E-state index contributed by atoms with van der Waals surface area (Å²) < 4.78 is 5.43. The maximum Gasteiger partial charge on any atom is 0.253 e. The molecule has 1 amide bonds. The number of ether oxygens (including phenoxy) is 1. The lowest BCUT2D eigenvalue weighted by molar-refractivity contribution is -0.115. The predicted octanol–water partition coefficient (Wildman–Crippen LogP) is 3.81. The first-order valence-electron chi connectivity index (χ1n) is 12.0. The van der Waals surface area contributed by atoms with Crippen LogP contribution in [0.15, 0.2) is 24.4 Å². The third-order valence-electron chi connectivity index (χ3n) is 7.93. The minimum Gasteiger partial charge on any atom is -0.381 e. The van der Waals surface area contributed by atoms with Gasteiger partial charge < -0.3 is 14.6 Å². The Hall–Kier alpha value is -3.00. The summed E-state index contributed by atoms with van der Waals surface area (Å²) in [7, 11) is 0. The van der Waals surface area contributed by atoms with E-state index in [9.17, 15) is 4.79 Å². The lowest BCUT2D eigenvalue weighted by Gasteiger charge is -2.28. The van der Waals surface area contributed by atoms with Crippen molar-refractivity contribution < 1.29 is 9.53 Å². The van der Waals surface area contributed by atoms with Gasteiger partial charge in [-0.3, -0.25) is 9.89 Å². The molecule has 172 valence electrons. The van der Waals surface area contributed by atoms with Crippen molar-refractivity contribution in [3.8, 4) is 11.5 Å². The predicted molar refractivity (Wildman–Crippen MR) is 126 cm³/mol. The number of amides is 1. The highest BCUT2D eigenvalue weighted by Crippen LogP contribution is 2.59. The summed E-state index contributed by atoms with van der Waals surface area (Å²) in [5.74, 6) is 1.61. The molecule has 33 heavy (non-hydrogen) atoms. The second kappa shape index (κ2) is 7.52. The van der Waals surface area contributed by atoms with Gasteiger partial charge in [0.25, 0.3) is 5.91 Å². The minimum atomic E-state index is -0.0461. The van der Waals surface area contributed by atoms with Gasteiger partial charge in [0.1, 0.15) is 11.2 Å². The van der Waals surface area contributed by atoms with Crippen LogP contribution in [0.2, 0.25) is 0 Å². The van der Waals surface area contributed by atoms with Crippen LogP contribution in [0.5, 0.6) is 0 Å². The van der Waals surface area contributed by atoms with Gasteiger partial charge in [0, 0.05) is 36.6 Å². The van der Waals surface area contributed by atoms with E-state index in [1.54, 1.807) is 11.1 Å². The summed E-state index contributed by atoms with van der Waals surface area (Å²) in [6.07, 6.45) is 6.83. The van der Waals surface area contributed by atoms with Crippen LogP contribution in [0.4, 0.5) is 5.69 Å². The van der Waals surface area contributed by atoms with Crippen LogP contribution in [-0.4, -0.2) is 50.8 Å². The Morgan fingerprint density at radius 2 is 2.18 bits per heavy atom. The van der Waals surface area contributed by atoms with Crippen molar-refractivity contribution in [1.29, 1.82) is 0 Å². The fourth-order valence-electron chi connectivity index (χ4n) is 5.63. The highest BCUT2D eigenvalue weighted by molar-refractivity contribution is 6.06. The van der Waals surface area contributed by atoms with Crippen molar-refractivity contribution in [3.63, 3.8) is 0 Å². The summed E-state index contributed by atoms with van der Waals surface area (Å²) in [4.78, 5) is 27.7. The molecule has 3 aromatic rings. The molecule has 0 radical (unpaired) electrons. The Kier molecular flexibility index (Phi) is 4.69. The van der Waals surface area contributed by atoms with Gasteiger partial charge >= 0.3 is 0 Å². The molecule has 3 aliphatic rings. The zero-order chi connectivity index (χ0) is 22.7. The van der Waals surface area contributed by atoms with Crippen LogP contribution in [0.3, 0.4) is 0 Å². The molecule has 2 N–H and O–H groups in total. The number of imidazole rings is 1. The van der Waals surface area contributed by atoms with E-state index in [1.165, 1.54) is 17.7 Å². The van der Waals surface area contributed by atoms with Gasteiger partial charge in [0.2, 0.25) is 0 Å². The van der Waals surface area contributed by atoms with E-state index in [-0.39, 0.29) is 11.8 Å². The Morgan fingerprint density at radius 1 is 1.36 bits per heavy atom. The van der Waals surface area contributed by atoms with E-state index < -0.39 is 0 Å². The molecule has 0 bridgehead atoms. The van der Waals surface area contributed by atoms with E-state index in [4.69, 9.17) is 9.72 Å². The van der Waals surface area contributed by atoms with Crippen molar-refractivity contribution in [2.75, 3.05) is 24.7 Å². The quantitative estimate of drug-likeness (QED) is 0.581. The first-order valence-corrected chi connectivity index (χ1v) is 12.0. The number of aromatic nitrogens is 5. The number of rotatable bonds is 5. The average Bonchev–Trinajstić information content (AvgIpc) is 3.12. The Bertz CT molecular complexity index is 1250. The average molecular weight is 447 g/mol. The number of H-pyrrole nitrogens is 2. The fraction of sp³-hybridized carbons (Fsp3) is 0.520. The summed E-state index contributed by atoms with van der Waals surface area (Å²) >= 11 is 0. The highest BCUT2D eigenvalue weighted by atomic mass is 16.5. The first kappa shape index (κ1) is 20.6. The van der Waals surface area contributed by atoms with Crippen LogP contribution < -0.4 is 4.90 Å². The molecule has 4 heterocycles. The smallest absolute Gasteiger partial charge is 0.253 e. The Morgan fingerprint density at radius 3 is 2.97 bits per heavy atom. The molecular weight excluding hydrogens is 416 g/mol. The largest absolute Gasteiger partial charge is 0.381 e. The number of likely N-dealkylation sites (N-methyl/N-ethyl adjacent to an activating group) is 1. The molecule has 8 heteroatoms. The van der Waals surface area contributed by atoms with Gasteiger partial charge in [-0.05, 0) is 62.3 Å². The van der Waals surface area contributed by atoms with Crippen molar-refractivity contribution >= 4 is 22.8 Å². The topological polar surface area (TPSA) is 99.8 Å². The molecule has 1 saturated heterocycles. The van der Waals surface area contributed by atoms with Crippen molar-refractivity contribution in [3.05, 3.63) is 35.7 Å². The molecule has 1 aliphatic heterocycles. The van der Waals surface area contributed by atoms with Crippen LogP contribution in [0.1, 0.15) is 44.4 Å². The van der Waals surface area contributed by atoms with E-state index in [0.29, 0.717) is 36.4 Å². The molecule has 2 aliphatic carbocycles. The Labute approximate surface area is 192 Å². The third kappa shape index (κ3) is 3.39. The SMILES string of the molecule is C=C(C(=O)N(CC)c1cnc2[nH]c(-c3n[nH]c4c3C[C@@H]3C[C@]3(C)C4)nc2c1)C1CCOCC1. The lowest BCUT2D eigenvalue weighted by atomic mass is 9.88. The summed E-state index contributed by atoms with van der Waals surface area (Å²) in [5.41, 5.74) is 6.69. The van der Waals surface area contributed by atoms with E-state index in [1.807, 2.05) is 13.0 Å². The second-order valence-electron chi connectivity index (χ2n) is 10.1. The second-order valence-corrected chi connectivity index (χ2v) is 10.1. The fourth-order valence-corrected chi connectivity index (χ4v) is 5.63. The van der Waals surface area contributed by atoms with E-state index in [0.717, 1.165) is 54.3 Å². The Balaban J connectivity index is 1.28. The van der Waals surface area contributed by atoms with E-state index >= 15 is 0 Å². The van der Waals surface area contributed by atoms with E-state index in [2.05, 4.69) is 33.7 Å². The van der Waals surface area contributed by atoms with Gasteiger partial charge in [0.05, 0.1) is 11.9 Å². The maximum atomic E-state index is 13.2. The van der Waals surface area contributed by atoms with Crippen molar-refractivity contribution in [1.82, 2.24) is 25.1 Å². The molecule has 1 saturated carbocycles. The van der Waals surface area contributed by atoms with Gasteiger partial charge in [-0.2, -0.15) is 5.10 Å². The van der Waals surface area contributed by atoms with Crippen LogP contribution in [0, 0.1) is 17.3 Å². The number of carbonyl (C=O) groups is 1. The number of nitrogens with one attached hydrogen (secondary N) is 2. The lowest BCUT2D eigenvalue weighted by Crippen LogP contribution is -2.35. The molecule has 3 aromatic heterocycles. The van der Waals surface area contributed by atoms with Gasteiger partial charge in [-0.15, -0.1) is 0 Å². The summed E-state index contributed by atoms with van der Waals surface area (Å²) in [6.45, 7) is 10.4. The molecule has 0 aromatic carbocycles. The number of nitrogens with zero attached hydrogens (tertiary/aromatic N) is 4. The van der Waals surface area contributed by atoms with Crippen LogP contribution in [0.25, 0.3) is 22.7 Å². The minimum absolute atomic E-state index is 0.0461. The molecule has 0 unspecified atom stereocenters. The van der Waals surface area contributed by atoms with Crippen LogP contribution in [-0.2, 0) is 22.4 Å². The maximum absolute atomic E-state index is 13.2.